The number of nitrogens with one attached hydrogen (secondary N) is 1. The van der Waals surface area contributed by atoms with Gasteiger partial charge in [-0.1, -0.05) is 36.9 Å². The lowest BCUT2D eigenvalue weighted by Crippen LogP contribution is -2.50. The molecule has 0 bridgehead atoms. The van der Waals surface area contributed by atoms with Gasteiger partial charge in [0.25, 0.3) is 5.91 Å². The van der Waals surface area contributed by atoms with Gasteiger partial charge in [-0.05, 0) is 62.1 Å². The summed E-state index contributed by atoms with van der Waals surface area (Å²) in [6.45, 7) is 10.5. The van der Waals surface area contributed by atoms with Crippen molar-refractivity contribution in [3.63, 3.8) is 0 Å². The number of alkyl carbamates (subject to hydrolysis) is 1. The standard InChI is InChI=1S/C23H28N2O3/c1-5-16-8-6-9-17-14-18(11-12-20(16)17)21(26)25-13-7-10-19(15-25)24-22(27)28-23(2,3)4/h5-6,8-9,11-12,14,19H,1,7,10,13,15H2,2-4H3,(H,24,27)/t19-/m1/s1. The Morgan fingerprint density at radius 1 is 1.25 bits per heavy atom. The fourth-order valence-electron chi connectivity index (χ4n) is 3.56. The molecule has 1 saturated heterocycles. The second kappa shape index (κ2) is 8.05. The molecule has 0 radical (unpaired) electrons. The van der Waals surface area contributed by atoms with Gasteiger partial charge in [-0.25, -0.2) is 4.79 Å². The summed E-state index contributed by atoms with van der Waals surface area (Å²) in [5, 5.41) is 4.99. The van der Waals surface area contributed by atoms with Gasteiger partial charge in [0.05, 0.1) is 0 Å². The molecule has 0 aromatic heterocycles. The van der Waals surface area contributed by atoms with Crippen molar-refractivity contribution in [1.82, 2.24) is 10.2 Å². The van der Waals surface area contributed by atoms with E-state index < -0.39 is 11.7 Å². The van der Waals surface area contributed by atoms with E-state index in [-0.39, 0.29) is 11.9 Å². The minimum Gasteiger partial charge on any atom is -0.444 e. The number of likely N-dealkylation sites (tertiary alicyclic amines) is 1. The van der Waals surface area contributed by atoms with Crippen LogP contribution in [-0.2, 0) is 4.74 Å². The minimum atomic E-state index is -0.538. The number of ether oxygens (including phenoxy) is 1. The lowest BCUT2D eigenvalue weighted by molar-refractivity contribution is 0.0452. The fourth-order valence-corrected chi connectivity index (χ4v) is 3.56. The molecule has 0 unspecified atom stereocenters. The van der Waals surface area contributed by atoms with Crippen LogP contribution in [0.4, 0.5) is 4.79 Å². The highest BCUT2D eigenvalue weighted by atomic mass is 16.6. The number of carbonyl (C=O) groups excluding carboxylic acids is 2. The second-order valence-corrected chi connectivity index (χ2v) is 8.22. The SMILES string of the molecule is C=Cc1cccc2cc(C(=O)N3CCC[C@@H](NC(=O)OC(C)(C)C)C3)ccc12. The van der Waals surface area contributed by atoms with Crippen molar-refractivity contribution in [2.75, 3.05) is 13.1 Å². The lowest BCUT2D eigenvalue weighted by Gasteiger charge is -2.33. The van der Waals surface area contributed by atoms with Crippen molar-refractivity contribution in [1.29, 1.82) is 0 Å². The Balaban J connectivity index is 1.71. The number of fused-ring (bicyclic) bond motifs is 1. The second-order valence-electron chi connectivity index (χ2n) is 8.22. The quantitative estimate of drug-likeness (QED) is 0.846. The van der Waals surface area contributed by atoms with E-state index in [2.05, 4.69) is 11.9 Å². The average molecular weight is 380 g/mol. The van der Waals surface area contributed by atoms with Gasteiger partial charge in [-0.3, -0.25) is 4.79 Å². The fraction of sp³-hybridized carbons (Fsp3) is 0.391. The van der Waals surface area contributed by atoms with Gasteiger partial charge in [0.2, 0.25) is 0 Å². The molecule has 1 heterocycles. The molecule has 0 aliphatic carbocycles. The van der Waals surface area contributed by atoms with E-state index in [0.29, 0.717) is 18.7 Å². The summed E-state index contributed by atoms with van der Waals surface area (Å²) in [6.07, 6.45) is 3.07. The topological polar surface area (TPSA) is 58.6 Å². The summed E-state index contributed by atoms with van der Waals surface area (Å²) in [5.41, 5.74) is 1.17. The third-order valence-corrected chi connectivity index (χ3v) is 4.81. The Kier molecular flexibility index (Phi) is 5.73. The molecule has 0 spiro atoms. The Bertz CT molecular complexity index is 898. The number of benzene rings is 2. The summed E-state index contributed by atoms with van der Waals surface area (Å²) in [6, 6.07) is 11.6. The lowest BCUT2D eigenvalue weighted by atomic mass is 10.0. The molecule has 2 aromatic carbocycles. The molecule has 28 heavy (non-hydrogen) atoms. The molecule has 1 fully saturated rings. The zero-order chi connectivity index (χ0) is 20.3. The van der Waals surface area contributed by atoms with Crippen LogP contribution in [0.5, 0.6) is 0 Å². The number of carbonyl (C=O) groups is 2. The molecule has 3 rings (SSSR count). The Morgan fingerprint density at radius 2 is 2.04 bits per heavy atom. The largest absolute Gasteiger partial charge is 0.444 e. The maximum Gasteiger partial charge on any atom is 0.407 e. The molecule has 2 aromatic rings. The summed E-state index contributed by atoms with van der Waals surface area (Å²) in [7, 11) is 0. The molecule has 1 aliphatic rings. The van der Waals surface area contributed by atoms with Crippen LogP contribution in [0.25, 0.3) is 16.8 Å². The van der Waals surface area contributed by atoms with E-state index in [4.69, 9.17) is 4.74 Å². The number of hydrogen-bond donors (Lipinski definition) is 1. The van der Waals surface area contributed by atoms with Crippen molar-refractivity contribution in [3.05, 3.63) is 54.1 Å². The first-order chi connectivity index (χ1) is 13.3. The van der Waals surface area contributed by atoms with Gasteiger partial charge in [-0.2, -0.15) is 0 Å². The van der Waals surface area contributed by atoms with E-state index in [0.717, 1.165) is 29.2 Å². The predicted octanol–water partition coefficient (Wildman–Crippen LogP) is 4.61. The maximum absolute atomic E-state index is 13.0. The van der Waals surface area contributed by atoms with Crippen LogP contribution in [-0.4, -0.2) is 41.6 Å². The van der Waals surface area contributed by atoms with Crippen molar-refractivity contribution < 1.29 is 14.3 Å². The van der Waals surface area contributed by atoms with Crippen LogP contribution >= 0.6 is 0 Å². The van der Waals surface area contributed by atoms with Crippen LogP contribution in [0, 0.1) is 0 Å². The normalized spacial score (nSPS) is 17.2. The van der Waals surface area contributed by atoms with Gasteiger partial charge in [0, 0.05) is 24.7 Å². The first-order valence-electron chi connectivity index (χ1n) is 9.71. The third-order valence-electron chi connectivity index (χ3n) is 4.81. The first-order valence-corrected chi connectivity index (χ1v) is 9.71. The molecule has 2 amide bonds. The van der Waals surface area contributed by atoms with Gasteiger partial charge in [0.15, 0.2) is 0 Å². The minimum absolute atomic E-state index is 0.0124. The third kappa shape index (κ3) is 4.71. The average Bonchev–Trinajstić information content (AvgIpc) is 2.65. The summed E-state index contributed by atoms with van der Waals surface area (Å²) < 4.78 is 5.33. The van der Waals surface area contributed by atoms with Crippen molar-refractivity contribution in [3.8, 4) is 0 Å². The summed E-state index contributed by atoms with van der Waals surface area (Å²) in [4.78, 5) is 26.9. The number of rotatable bonds is 3. The van der Waals surface area contributed by atoms with Crippen molar-refractivity contribution >= 4 is 28.8 Å². The molecule has 1 atom stereocenters. The van der Waals surface area contributed by atoms with Gasteiger partial charge >= 0.3 is 6.09 Å². The monoisotopic (exact) mass is 380 g/mol. The van der Waals surface area contributed by atoms with Gasteiger partial charge in [0.1, 0.15) is 5.60 Å². The molecule has 5 heteroatoms. The van der Waals surface area contributed by atoms with E-state index in [1.165, 1.54) is 0 Å². The van der Waals surface area contributed by atoms with Gasteiger partial charge in [-0.15, -0.1) is 0 Å². The Labute approximate surface area is 166 Å². The highest BCUT2D eigenvalue weighted by Crippen LogP contribution is 2.23. The maximum atomic E-state index is 13.0. The number of hydrogen-bond acceptors (Lipinski definition) is 3. The Hall–Kier alpha value is -2.82. The molecule has 5 nitrogen and oxygen atoms in total. The van der Waals surface area contributed by atoms with Crippen LogP contribution in [0.2, 0.25) is 0 Å². The molecule has 1 aliphatic heterocycles. The highest BCUT2D eigenvalue weighted by molar-refractivity contribution is 6.00. The van der Waals surface area contributed by atoms with Crippen molar-refractivity contribution in [2.45, 2.75) is 45.3 Å². The zero-order valence-corrected chi connectivity index (χ0v) is 16.8. The first kappa shape index (κ1) is 19.9. The smallest absolute Gasteiger partial charge is 0.407 e. The molecular formula is C23H28N2O3. The van der Waals surface area contributed by atoms with Gasteiger partial charge < -0.3 is 15.0 Å². The molecule has 0 saturated carbocycles. The van der Waals surface area contributed by atoms with E-state index in [1.807, 2.05) is 68.1 Å². The molecular weight excluding hydrogens is 352 g/mol. The molecule has 1 N–H and O–H groups in total. The Morgan fingerprint density at radius 3 is 2.75 bits per heavy atom. The summed E-state index contributed by atoms with van der Waals surface area (Å²) in [5.74, 6) is -0.0124. The van der Waals surface area contributed by atoms with E-state index in [1.54, 1.807) is 0 Å². The van der Waals surface area contributed by atoms with E-state index >= 15 is 0 Å². The predicted molar refractivity (Wildman–Crippen MR) is 112 cm³/mol. The van der Waals surface area contributed by atoms with Crippen molar-refractivity contribution in [2.24, 2.45) is 0 Å². The van der Waals surface area contributed by atoms with Crippen LogP contribution in [0.3, 0.4) is 0 Å². The number of piperidine rings is 1. The van der Waals surface area contributed by atoms with E-state index in [9.17, 15) is 9.59 Å². The number of nitrogens with zero attached hydrogens (tertiary/aromatic N) is 1. The number of amides is 2. The van der Waals surface area contributed by atoms with Crippen LogP contribution in [0.1, 0.15) is 49.5 Å². The molecule has 148 valence electrons. The van der Waals surface area contributed by atoms with Crippen LogP contribution < -0.4 is 5.32 Å². The van der Waals surface area contributed by atoms with Crippen LogP contribution in [0.15, 0.2) is 43.0 Å². The highest BCUT2D eigenvalue weighted by Gasteiger charge is 2.27. The summed E-state index contributed by atoms with van der Waals surface area (Å²) >= 11 is 0. The zero-order valence-electron chi connectivity index (χ0n) is 16.8.